The molecule has 0 bridgehead atoms. The summed E-state index contributed by atoms with van der Waals surface area (Å²) in [6.45, 7) is 2.83. The van der Waals surface area contributed by atoms with Gasteiger partial charge < -0.3 is 19.7 Å². The quantitative estimate of drug-likeness (QED) is 0.282. The van der Waals surface area contributed by atoms with Crippen molar-refractivity contribution in [2.24, 2.45) is 0 Å². The van der Waals surface area contributed by atoms with Crippen LogP contribution in [0.25, 0.3) is 10.2 Å². The van der Waals surface area contributed by atoms with Gasteiger partial charge in [0.2, 0.25) is 0 Å². The van der Waals surface area contributed by atoms with Gasteiger partial charge in [0, 0.05) is 41.5 Å². The Bertz CT molecular complexity index is 1570. The van der Waals surface area contributed by atoms with E-state index < -0.39 is 0 Å². The van der Waals surface area contributed by atoms with Crippen LogP contribution >= 0.6 is 34.7 Å². The summed E-state index contributed by atoms with van der Waals surface area (Å²) in [4.78, 5) is 26.0. The summed E-state index contributed by atoms with van der Waals surface area (Å²) < 4.78 is 11.9. The highest BCUT2D eigenvalue weighted by atomic mass is 35.5. The number of carbonyl (C=O) groups is 1. The molecular weight excluding hydrogens is 566 g/mol. The molecule has 4 heterocycles. The van der Waals surface area contributed by atoms with Crippen LogP contribution in [0.2, 0.25) is 5.02 Å². The molecule has 2 saturated heterocycles. The molecule has 2 atom stereocenters. The van der Waals surface area contributed by atoms with Gasteiger partial charge in [0.15, 0.2) is 5.82 Å². The summed E-state index contributed by atoms with van der Waals surface area (Å²) in [5, 5.41) is 7.40. The van der Waals surface area contributed by atoms with Gasteiger partial charge in [0.25, 0.3) is 0 Å². The van der Waals surface area contributed by atoms with Crippen LogP contribution in [-0.4, -0.2) is 66.0 Å². The summed E-state index contributed by atoms with van der Waals surface area (Å²) >= 11 is 9.76. The normalized spacial score (nSPS) is 18.8. The van der Waals surface area contributed by atoms with E-state index in [2.05, 4.69) is 44.6 Å². The minimum absolute atomic E-state index is 0.0502. The van der Waals surface area contributed by atoms with E-state index in [1.54, 1.807) is 23.0 Å². The lowest BCUT2D eigenvalue weighted by atomic mass is 10.2. The van der Waals surface area contributed by atoms with Crippen LogP contribution < -0.4 is 10.6 Å². The molecule has 2 aromatic heterocycles. The monoisotopic (exact) mass is 591 g/mol. The van der Waals surface area contributed by atoms with Crippen molar-refractivity contribution in [3.8, 4) is 11.8 Å². The lowest BCUT2D eigenvalue weighted by molar-refractivity contribution is 0.0156. The highest BCUT2D eigenvalue weighted by Crippen LogP contribution is 2.36. The van der Waals surface area contributed by atoms with Gasteiger partial charge in [-0.15, -0.1) is 11.3 Å². The van der Waals surface area contributed by atoms with Crippen LogP contribution in [0, 0.1) is 11.8 Å². The van der Waals surface area contributed by atoms with Crippen molar-refractivity contribution in [3.05, 3.63) is 70.8 Å². The number of nitrogens with one attached hydrogen (secondary N) is 2. The van der Waals surface area contributed by atoms with E-state index in [0.29, 0.717) is 50.1 Å². The Morgan fingerprint density at radius 2 is 2.02 bits per heavy atom. The standard InChI is InChI=1S/C29H26ClN5O3S2/c30-24-15-20(7-9-26(24)39-22-4-2-1-3-5-22)34-28-27-25(32-18-33-28)16-23(40-27)8-6-19-14-21(17-31-19)38-29(36)35-10-12-37-13-11-35/h1-5,7,9,15-16,18-19,21,31H,10-14,17H2,(H,32,33,34). The zero-order chi connectivity index (χ0) is 27.3. The molecular formula is C29H26ClN5O3S2. The van der Waals surface area contributed by atoms with Crippen LogP contribution in [0.5, 0.6) is 0 Å². The molecule has 2 aliphatic heterocycles. The first-order valence-corrected chi connectivity index (χ1v) is 14.9. The topological polar surface area (TPSA) is 88.6 Å². The predicted molar refractivity (Wildman–Crippen MR) is 159 cm³/mol. The lowest BCUT2D eigenvalue weighted by Crippen LogP contribution is -2.42. The molecule has 6 rings (SSSR count). The summed E-state index contributed by atoms with van der Waals surface area (Å²) in [7, 11) is 0. The molecule has 2 unspecified atom stereocenters. The van der Waals surface area contributed by atoms with Gasteiger partial charge in [-0.1, -0.05) is 53.4 Å². The van der Waals surface area contributed by atoms with E-state index in [9.17, 15) is 4.79 Å². The Kier molecular flexibility index (Phi) is 8.37. The summed E-state index contributed by atoms with van der Waals surface area (Å²) in [5.41, 5.74) is 1.67. The maximum absolute atomic E-state index is 12.4. The molecule has 204 valence electrons. The van der Waals surface area contributed by atoms with Gasteiger partial charge in [0.1, 0.15) is 12.4 Å². The number of carbonyl (C=O) groups excluding carboxylic acids is 1. The van der Waals surface area contributed by atoms with Crippen molar-refractivity contribution in [1.29, 1.82) is 0 Å². The number of halogens is 1. The van der Waals surface area contributed by atoms with Crippen molar-refractivity contribution in [3.63, 3.8) is 0 Å². The first-order valence-electron chi connectivity index (χ1n) is 12.9. The zero-order valence-electron chi connectivity index (χ0n) is 21.4. The summed E-state index contributed by atoms with van der Waals surface area (Å²) in [5.74, 6) is 7.25. The van der Waals surface area contributed by atoms with Crippen LogP contribution in [-0.2, 0) is 9.47 Å². The molecule has 8 nitrogen and oxygen atoms in total. The fourth-order valence-electron chi connectivity index (χ4n) is 4.44. The highest BCUT2D eigenvalue weighted by molar-refractivity contribution is 7.99. The third kappa shape index (κ3) is 6.52. The third-order valence-electron chi connectivity index (χ3n) is 6.47. The molecule has 2 aromatic carbocycles. The van der Waals surface area contributed by atoms with Crippen molar-refractivity contribution < 1.29 is 14.3 Å². The number of morpholine rings is 1. The van der Waals surface area contributed by atoms with Crippen LogP contribution in [0.1, 0.15) is 11.3 Å². The van der Waals surface area contributed by atoms with E-state index in [0.717, 1.165) is 30.6 Å². The minimum atomic E-state index is -0.280. The number of hydrogen-bond acceptors (Lipinski definition) is 9. The maximum atomic E-state index is 12.4. The number of aromatic nitrogens is 2. The van der Waals surface area contributed by atoms with Gasteiger partial charge in [-0.3, -0.25) is 5.32 Å². The molecule has 0 spiro atoms. The van der Waals surface area contributed by atoms with E-state index in [1.807, 2.05) is 42.5 Å². The second kappa shape index (κ2) is 12.5. The zero-order valence-corrected chi connectivity index (χ0v) is 23.8. The van der Waals surface area contributed by atoms with Crippen LogP contribution in [0.4, 0.5) is 16.3 Å². The van der Waals surface area contributed by atoms with Gasteiger partial charge >= 0.3 is 6.09 Å². The lowest BCUT2D eigenvalue weighted by Gasteiger charge is -2.27. The number of anilines is 2. The number of benzene rings is 2. The van der Waals surface area contributed by atoms with Crippen LogP contribution in [0.3, 0.4) is 0 Å². The second-order valence-corrected chi connectivity index (χ2v) is 11.9. The fourth-order valence-corrected chi connectivity index (χ4v) is 6.50. The molecule has 0 saturated carbocycles. The molecule has 2 N–H and O–H groups in total. The average Bonchev–Trinajstić information content (AvgIpc) is 3.61. The number of thiophene rings is 1. The summed E-state index contributed by atoms with van der Waals surface area (Å²) in [6.07, 6.45) is 1.72. The van der Waals surface area contributed by atoms with Gasteiger partial charge in [-0.25, -0.2) is 14.8 Å². The second-order valence-electron chi connectivity index (χ2n) is 9.30. The van der Waals surface area contributed by atoms with E-state index >= 15 is 0 Å². The van der Waals surface area contributed by atoms with E-state index in [4.69, 9.17) is 21.1 Å². The number of fused-ring (bicyclic) bond motifs is 1. The Labute approximate surface area is 245 Å². The van der Waals surface area contributed by atoms with Crippen molar-refractivity contribution in [2.75, 3.05) is 38.2 Å². The Balaban J connectivity index is 1.10. The van der Waals surface area contributed by atoms with Crippen molar-refractivity contribution >= 4 is 62.5 Å². The smallest absolute Gasteiger partial charge is 0.410 e. The number of ether oxygens (including phenoxy) is 2. The molecule has 40 heavy (non-hydrogen) atoms. The Morgan fingerprint density at radius 1 is 1.18 bits per heavy atom. The average molecular weight is 592 g/mol. The SMILES string of the molecule is O=C(OC1CNC(C#Cc2cc3ncnc(Nc4ccc(Sc5ccccc5)c(Cl)c4)c3s2)C1)N1CCOCC1. The first-order chi connectivity index (χ1) is 19.6. The number of amides is 1. The van der Waals surface area contributed by atoms with Crippen molar-refractivity contribution in [2.45, 2.75) is 28.4 Å². The van der Waals surface area contributed by atoms with Crippen LogP contribution in [0.15, 0.2) is 70.7 Å². The fraction of sp³-hybridized carbons (Fsp3) is 0.276. The third-order valence-corrected chi connectivity index (χ3v) is 9.03. The number of hydrogen-bond donors (Lipinski definition) is 2. The molecule has 11 heteroatoms. The van der Waals surface area contributed by atoms with Gasteiger partial charge in [-0.05, 0) is 36.4 Å². The van der Waals surface area contributed by atoms with E-state index in [1.165, 1.54) is 11.3 Å². The molecule has 2 fully saturated rings. The molecule has 0 aliphatic carbocycles. The molecule has 2 aliphatic rings. The maximum Gasteiger partial charge on any atom is 0.410 e. The molecule has 0 radical (unpaired) electrons. The van der Waals surface area contributed by atoms with Gasteiger partial charge in [-0.2, -0.15) is 0 Å². The first kappa shape index (κ1) is 26.9. The largest absolute Gasteiger partial charge is 0.445 e. The summed E-state index contributed by atoms with van der Waals surface area (Å²) in [6, 6.07) is 18.0. The molecule has 1 amide bonds. The minimum Gasteiger partial charge on any atom is -0.445 e. The van der Waals surface area contributed by atoms with Crippen molar-refractivity contribution in [1.82, 2.24) is 20.2 Å². The van der Waals surface area contributed by atoms with Gasteiger partial charge in [0.05, 0.1) is 39.4 Å². The Morgan fingerprint density at radius 3 is 2.85 bits per heavy atom. The predicted octanol–water partition coefficient (Wildman–Crippen LogP) is 5.79. The molecule has 4 aromatic rings. The Hall–Kier alpha value is -3.33. The number of rotatable bonds is 5. The highest BCUT2D eigenvalue weighted by Gasteiger charge is 2.28. The number of nitrogens with zero attached hydrogens (tertiary/aromatic N) is 3. The van der Waals surface area contributed by atoms with E-state index in [-0.39, 0.29) is 18.2 Å².